The van der Waals surface area contributed by atoms with Crippen molar-refractivity contribution in [2.24, 2.45) is 0 Å². The molecule has 0 radical (unpaired) electrons. The van der Waals surface area contributed by atoms with Gasteiger partial charge in [0.2, 0.25) is 0 Å². The maximum absolute atomic E-state index is 11.6. The lowest BCUT2D eigenvalue weighted by molar-refractivity contribution is -0.134. The largest absolute Gasteiger partial charge is 0.434 e. The predicted molar refractivity (Wildman–Crippen MR) is 54.8 cm³/mol. The highest BCUT2D eigenvalue weighted by Crippen LogP contribution is 2.10. The molecule has 0 bridgehead atoms. The summed E-state index contributed by atoms with van der Waals surface area (Å²) in [6, 6.07) is 7.73. The molecule has 1 aromatic carbocycles. The average molecular weight is 226 g/mol. The third kappa shape index (κ3) is 3.21. The van der Waals surface area contributed by atoms with Gasteiger partial charge in [-0.05, 0) is 12.1 Å². The van der Waals surface area contributed by atoms with Crippen LogP contribution in [-0.2, 0) is 19.4 Å². The Hall–Kier alpha value is -1.62. The molecule has 0 aliphatic rings. The van der Waals surface area contributed by atoms with Crippen molar-refractivity contribution in [3.63, 3.8) is 0 Å². The Morgan fingerprint density at radius 1 is 1.33 bits per heavy atom. The van der Waals surface area contributed by atoms with Gasteiger partial charge in [0, 0.05) is 0 Å². The maximum Gasteiger partial charge on any atom is 0.326 e. The summed E-state index contributed by atoms with van der Waals surface area (Å²) in [7, 11) is -3.60. The highest BCUT2D eigenvalue weighted by atomic mass is 32.2. The van der Waals surface area contributed by atoms with Gasteiger partial charge in [0.1, 0.15) is 0 Å². The minimum atomic E-state index is -3.60. The molecule has 0 saturated carbocycles. The van der Waals surface area contributed by atoms with Crippen LogP contribution in [0.4, 0.5) is 0 Å². The van der Waals surface area contributed by atoms with Gasteiger partial charge in [-0.3, -0.25) is 4.79 Å². The second kappa shape index (κ2) is 4.75. The molecule has 1 aromatic rings. The molecule has 0 aliphatic heterocycles. The molecule has 80 valence electrons. The molecule has 0 atom stereocenters. The molecule has 5 heteroatoms. The molecule has 0 saturated heterocycles. The van der Waals surface area contributed by atoms with E-state index in [-0.39, 0.29) is 4.90 Å². The van der Waals surface area contributed by atoms with Crippen molar-refractivity contribution in [3.05, 3.63) is 43.2 Å². The summed E-state index contributed by atoms with van der Waals surface area (Å²) in [4.78, 5) is 11.1. The van der Waals surface area contributed by atoms with Crippen molar-refractivity contribution in [2.75, 3.05) is 5.75 Å². The SMILES string of the molecule is C=COC(=O)CS(=O)(=O)c1ccccc1. The number of esters is 1. The summed E-state index contributed by atoms with van der Waals surface area (Å²) in [6.07, 6.45) is 0.906. The van der Waals surface area contributed by atoms with Gasteiger partial charge in [0.15, 0.2) is 15.6 Å². The molecule has 0 heterocycles. The van der Waals surface area contributed by atoms with Crippen molar-refractivity contribution in [3.8, 4) is 0 Å². The number of hydrogen-bond acceptors (Lipinski definition) is 4. The van der Waals surface area contributed by atoms with E-state index in [1.807, 2.05) is 0 Å². The molecule has 4 nitrogen and oxygen atoms in total. The van der Waals surface area contributed by atoms with E-state index in [2.05, 4.69) is 11.3 Å². The van der Waals surface area contributed by atoms with E-state index in [0.717, 1.165) is 6.26 Å². The van der Waals surface area contributed by atoms with Crippen LogP contribution >= 0.6 is 0 Å². The Bertz CT molecular complexity index is 448. The first-order valence-electron chi connectivity index (χ1n) is 4.14. The number of sulfone groups is 1. The smallest absolute Gasteiger partial charge is 0.326 e. The number of carbonyl (C=O) groups excluding carboxylic acids is 1. The minimum Gasteiger partial charge on any atom is -0.434 e. The number of rotatable bonds is 4. The first-order valence-corrected chi connectivity index (χ1v) is 5.79. The quantitative estimate of drug-likeness (QED) is 0.570. The first-order chi connectivity index (χ1) is 7.06. The van der Waals surface area contributed by atoms with Gasteiger partial charge >= 0.3 is 5.97 Å². The molecule has 15 heavy (non-hydrogen) atoms. The lowest BCUT2D eigenvalue weighted by Crippen LogP contribution is -2.16. The van der Waals surface area contributed by atoms with E-state index in [1.54, 1.807) is 18.2 Å². The van der Waals surface area contributed by atoms with Crippen LogP contribution in [0.15, 0.2) is 48.1 Å². The third-order valence-corrected chi connectivity index (χ3v) is 3.23. The molecule has 0 unspecified atom stereocenters. The Morgan fingerprint density at radius 3 is 2.47 bits per heavy atom. The Morgan fingerprint density at radius 2 is 1.93 bits per heavy atom. The van der Waals surface area contributed by atoms with Crippen molar-refractivity contribution in [2.45, 2.75) is 4.90 Å². The molecule has 0 aliphatic carbocycles. The number of ether oxygens (including phenoxy) is 1. The van der Waals surface area contributed by atoms with Crippen LogP contribution in [0.5, 0.6) is 0 Å². The second-order valence-electron chi connectivity index (χ2n) is 2.73. The van der Waals surface area contributed by atoms with Crippen molar-refractivity contribution in [1.29, 1.82) is 0 Å². The minimum absolute atomic E-state index is 0.103. The lowest BCUT2D eigenvalue weighted by atomic mass is 10.4. The molecular formula is C10H10O4S. The standard InChI is InChI=1S/C10H10O4S/c1-2-14-10(11)8-15(12,13)9-6-4-3-5-7-9/h2-7H,1,8H2. The van der Waals surface area contributed by atoms with Crippen LogP contribution in [0.3, 0.4) is 0 Å². The van der Waals surface area contributed by atoms with Crippen LogP contribution in [0.2, 0.25) is 0 Å². The maximum atomic E-state index is 11.6. The number of benzene rings is 1. The zero-order valence-corrected chi connectivity index (χ0v) is 8.74. The Kier molecular flexibility index (Phi) is 3.62. The predicted octanol–water partition coefficient (Wildman–Crippen LogP) is 1.15. The zero-order chi connectivity index (χ0) is 11.3. The summed E-state index contributed by atoms with van der Waals surface area (Å²) in [6.45, 7) is 3.17. The summed E-state index contributed by atoms with van der Waals surface area (Å²) in [5.74, 6) is -1.52. The zero-order valence-electron chi connectivity index (χ0n) is 7.92. The number of carbonyl (C=O) groups is 1. The third-order valence-electron chi connectivity index (χ3n) is 1.62. The fraction of sp³-hybridized carbons (Fsp3) is 0.100. The molecule has 0 spiro atoms. The van der Waals surface area contributed by atoms with Crippen molar-refractivity contribution < 1.29 is 17.9 Å². The summed E-state index contributed by atoms with van der Waals surface area (Å²) in [5, 5.41) is 0. The van der Waals surface area contributed by atoms with E-state index in [0.29, 0.717) is 0 Å². The Balaban J connectivity index is 2.86. The summed E-state index contributed by atoms with van der Waals surface area (Å²) in [5.41, 5.74) is 0. The number of hydrogen-bond donors (Lipinski definition) is 0. The van der Waals surface area contributed by atoms with Crippen LogP contribution in [-0.4, -0.2) is 20.1 Å². The lowest BCUT2D eigenvalue weighted by Gasteiger charge is -2.02. The van der Waals surface area contributed by atoms with E-state index < -0.39 is 21.6 Å². The molecule has 0 amide bonds. The van der Waals surface area contributed by atoms with Gasteiger partial charge in [-0.2, -0.15) is 0 Å². The normalized spacial score (nSPS) is 10.7. The van der Waals surface area contributed by atoms with Crippen LogP contribution in [0.25, 0.3) is 0 Å². The Labute approximate surface area is 88.1 Å². The molecule has 1 rings (SSSR count). The summed E-state index contributed by atoms with van der Waals surface area (Å²) >= 11 is 0. The van der Waals surface area contributed by atoms with Gasteiger partial charge < -0.3 is 4.74 Å². The summed E-state index contributed by atoms with van der Waals surface area (Å²) < 4.78 is 27.5. The molecule has 0 N–H and O–H groups in total. The highest BCUT2D eigenvalue weighted by Gasteiger charge is 2.19. The van der Waals surface area contributed by atoms with Crippen LogP contribution in [0, 0.1) is 0 Å². The second-order valence-corrected chi connectivity index (χ2v) is 4.72. The van der Waals surface area contributed by atoms with E-state index in [1.165, 1.54) is 12.1 Å². The van der Waals surface area contributed by atoms with E-state index in [4.69, 9.17) is 0 Å². The van der Waals surface area contributed by atoms with Crippen LogP contribution < -0.4 is 0 Å². The average Bonchev–Trinajstić information content (AvgIpc) is 2.18. The van der Waals surface area contributed by atoms with Gasteiger partial charge in [0.05, 0.1) is 11.2 Å². The van der Waals surface area contributed by atoms with Crippen molar-refractivity contribution in [1.82, 2.24) is 0 Å². The van der Waals surface area contributed by atoms with Gasteiger partial charge in [-0.1, -0.05) is 24.8 Å². The van der Waals surface area contributed by atoms with Crippen LogP contribution in [0.1, 0.15) is 0 Å². The topological polar surface area (TPSA) is 60.4 Å². The fourth-order valence-electron chi connectivity index (χ4n) is 0.993. The monoisotopic (exact) mass is 226 g/mol. The van der Waals surface area contributed by atoms with E-state index >= 15 is 0 Å². The molecular weight excluding hydrogens is 216 g/mol. The molecule has 0 aromatic heterocycles. The van der Waals surface area contributed by atoms with Crippen molar-refractivity contribution >= 4 is 15.8 Å². The van der Waals surface area contributed by atoms with Gasteiger partial charge in [-0.15, -0.1) is 0 Å². The van der Waals surface area contributed by atoms with E-state index in [9.17, 15) is 13.2 Å². The highest BCUT2D eigenvalue weighted by molar-refractivity contribution is 7.92. The van der Waals surface area contributed by atoms with Gasteiger partial charge in [0.25, 0.3) is 0 Å². The van der Waals surface area contributed by atoms with Gasteiger partial charge in [-0.25, -0.2) is 8.42 Å². The molecule has 0 fully saturated rings. The first kappa shape index (κ1) is 11.5. The fourth-order valence-corrected chi connectivity index (χ4v) is 2.11.